The van der Waals surface area contributed by atoms with Crippen LogP contribution < -0.4 is 5.32 Å². The molecule has 18 heavy (non-hydrogen) atoms. The highest BCUT2D eigenvalue weighted by molar-refractivity contribution is 6.33. The van der Waals surface area contributed by atoms with Crippen molar-refractivity contribution in [2.75, 3.05) is 5.32 Å². The number of rotatable bonds is 4. The summed E-state index contributed by atoms with van der Waals surface area (Å²) in [5, 5.41) is 4.07. The van der Waals surface area contributed by atoms with Gasteiger partial charge in [-0.1, -0.05) is 42.8 Å². The quantitative estimate of drug-likeness (QED) is 0.815. The highest BCUT2D eigenvalue weighted by atomic mass is 35.5. The van der Waals surface area contributed by atoms with Crippen LogP contribution in [-0.2, 0) is 0 Å². The normalized spacial score (nSPS) is 12.2. The molecule has 1 N–H and O–H groups in total. The van der Waals surface area contributed by atoms with E-state index in [1.165, 1.54) is 12.1 Å². The van der Waals surface area contributed by atoms with E-state index in [4.69, 9.17) is 11.6 Å². The second-order valence-electron chi connectivity index (χ2n) is 4.14. The fourth-order valence-electron chi connectivity index (χ4n) is 1.88. The van der Waals surface area contributed by atoms with Gasteiger partial charge in [-0.15, -0.1) is 0 Å². The summed E-state index contributed by atoms with van der Waals surface area (Å²) in [7, 11) is 0. The lowest BCUT2D eigenvalue weighted by molar-refractivity contribution is 0.625. The van der Waals surface area contributed by atoms with Crippen molar-refractivity contribution < 1.29 is 4.39 Å². The van der Waals surface area contributed by atoms with Crippen molar-refractivity contribution >= 4 is 17.3 Å². The van der Waals surface area contributed by atoms with Gasteiger partial charge in [0.05, 0.1) is 16.8 Å². The van der Waals surface area contributed by atoms with E-state index in [-0.39, 0.29) is 11.9 Å². The summed E-state index contributed by atoms with van der Waals surface area (Å²) in [6.45, 7) is 2.08. The second kappa shape index (κ2) is 5.87. The molecule has 0 aliphatic carbocycles. The molecule has 0 aliphatic rings. The Bertz CT molecular complexity index is 510. The smallest absolute Gasteiger partial charge is 0.123 e. The van der Waals surface area contributed by atoms with Gasteiger partial charge in [0.2, 0.25) is 0 Å². The average molecular weight is 264 g/mol. The van der Waals surface area contributed by atoms with Crippen LogP contribution in [0, 0.1) is 5.82 Å². The van der Waals surface area contributed by atoms with E-state index in [1.54, 1.807) is 12.1 Å². The van der Waals surface area contributed by atoms with Crippen LogP contribution >= 0.6 is 11.6 Å². The maximum atomic E-state index is 12.9. The van der Waals surface area contributed by atoms with Crippen molar-refractivity contribution in [3.05, 3.63) is 64.9 Å². The van der Waals surface area contributed by atoms with E-state index >= 15 is 0 Å². The molecule has 2 aromatic carbocycles. The molecule has 0 fully saturated rings. The molecule has 0 amide bonds. The molecule has 0 saturated heterocycles. The molecule has 1 atom stereocenters. The lowest BCUT2D eigenvalue weighted by atomic mass is 10.0. The van der Waals surface area contributed by atoms with Crippen molar-refractivity contribution in [2.24, 2.45) is 0 Å². The van der Waals surface area contributed by atoms with Gasteiger partial charge in [0.25, 0.3) is 0 Å². The molecule has 0 aromatic heterocycles. The standard InChI is InChI=1S/C15H15ClFN/c1-2-14(11-7-9-12(17)10-8-11)18-15-6-4-3-5-13(15)16/h3-10,14,18H,2H2,1H3. The van der Waals surface area contributed by atoms with E-state index in [1.807, 2.05) is 24.3 Å². The van der Waals surface area contributed by atoms with E-state index in [0.29, 0.717) is 5.02 Å². The number of hydrogen-bond donors (Lipinski definition) is 1. The summed E-state index contributed by atoms with van der Waals surface area (Å²) in [6.07, 6.45) is 0.900. The average Bonchev–Trinajstić information content (AvgIpc) is 2.39. The first-order chi connectivity index (χ1) is 8.70. The topological polar surface area (TPSA) is 12.0 Å². The highest BCUT2D eigenvalue weighted by Gasteiger charge is 2.10. The third kappa shape index (κ3) is 3.02. The number of halogens is 2. The van der Waals surface area contributed by atoms with Crippen molar-refractivity contribution in [1.82, 2.24) is 0 Å². The second-order valence-corrected chi connectivity index (χ2v) is 4.54. The van der Waals surface area contributed by atoms with Crippen molar-refractivity contribution in [1.29, 1.82) is 0 Å². The van der Waals surface area contributed by atoms with Crippen LogP contribution in [0.15, 0.2) is 48.5 Å². The first-order valence-electron chi connectivity index (χ1n) is 5.97. The van der Waals surface area contributed by atoms with Crippen LogP contribution in [0.25, 0.3) is 0 Å². The number of nitrogens with one attached hydrogen (secondary N) is 1. The maximum absolute atomic E-state index is 12.9. The minimum Gasteiger partial charge on any atom is -0.377 e. The lowest BCUT2D eigenvalue weighted by Gasteiger charge is -2.19. The zero-order valence-corrected chi connectivity index (χ0v) is 10.9. The van der Waals surface area contributed by atoms with Gasteiger partial charge in [-0.3, -0.25) is 0 Å². The van der Waals surface area contributed by atoms with E-state index in [9.17, 15) is 4.39 Å². The highest BCUT2D eigenvalue weighted by Crippen LogP contribution is 2.27. The molecule has 0 saturated carbocycles. The summed E-state index contributed by atoms with van der Waals surface area (Å²) < 4.78 is 12.9. The van der Waals surface area contributed by atoms with Crippen LogP contribution in [0.4, 0.5) is 10.1 Å². The SMILES string of the molecule is CCC(Nc1ccccc1Cl)c1ccc(F)cc1. The Labute approximate surface area is 112 Å². The Balaban J connectivity index is 2.20. The summed E-state index contributed by atoms with van der Waals surface area (Å²) in [5.74, 6) is -0.216. The van der Waals surface area contributed by atoms with Gasteiger partial charge in [0.1, 0.15) is 5.82 Å². The predicted octanol–water partition coefficient (Wildman–Crippen LogP) is 5.04. The predicted molar refractivity (Wildman–Crippen MR) is 74.5 cm³/mol. The van der Waals surface area contributed by atoms with Gasteiger partial charge in [-0.25, -0.2) is 4.39 Å². The van der Waals surface area contributed by atoms with Crippen molar-refractivity contribution in [3.8, 4) is 0 Å². The van der Waals surface area contributed by atoms with Crippen LogP contribution in [0.5, 0.6) is 0 Å². The van der Waals surface area contributed by atoms with Crippen LogP contribution in [0.1, 0.15) is 24.9 Å². The fraction of sp³-hybridized carbons (Fsp3) is 0.200. The monoisotopic (exact) mass is 263 g/mol. The van der Waals surface area contributed by atoms with E-state index in [2.05, 4.69) is 12.2 Å². The molecule has 2 aromatic rings. The lowest BCUT2D eigenvalue weighted by Crippen LogP contribution is -2.09. The van der Waals surface area contributed by atoms with Gasteiger partial charge < -0.3 is 5.32 Å². The summed E-state index contributed by atoms with van der Waals surface area (Å²) in [5.41, 5.74) is 1.95. The summed E-state index contributed by atoms with van der Waals surface area (Å²) in [6, 6.07) is 14.3. The zero-order valence-electron chi connectivity index (χ0n) is 10.2. The van der Waals surface area contributed by atoms with E-state index < -0.39 is 0 Å². The maximum Gasteiger partial charge on any atom is 0.123 e. The molecule has 2 rings (SSSR count). The fourth-order valence-corrected chi connectivity index (χ4v) is 2.07. The molecule has 94 valence electrons. The molecule has 0 aliphatic heterocycles. The molecule has 0 radical (unpaired) electrons. The third-order valence-electron chi connectivity index (χ3n) is 2.88. The van der Waals surface area contributed by atoms with Crippen molar-refractivity contribution in [3.63, 3.8) is 0 Å². The Kier molecular flexibility index (Phi) is 4.21. The van der Waals surface area contributed by atoms with Crippen LogP contribution in [-0.4, -0.2) is 0 Å². The molecule has 3 heteroatoms. The minimum absolute atomic E-state index is 0.130. The van der Waals surface area contributed by atoms with Gasteiger partial charge in [-0.05, 0) is 36.2 Å². The number of anilines is 1. The van der Waals surface area contributed by atoms with Gasteiger partial charge in [0, 0.05) is 0 Å². The first kappa shape index (κ1) is 12.9. The number of benzene rings is 2. The first-order valence-corrected chi connectivity index (χ1v) is 6.35. The molecule has 1 nitrogen and oxygen atoms in total. The zero-order chi connectivity index (χ0) is 13.0. The minimum atomic E-state index is -0.216. The van der Waals surface area contributed by atoms with Gasteiger partial charge >= 0.3 is 0 Å². The molecular formula is C15H15ClFN. The van der Waals surface area contributed by atoms with Crippen molar-refractivity contribution in [2.45, 2.75) is 19.4 Å². The Morgan fingerprint density at radius 1 is 1.11 bits per heavy atom. The molecule has 0 bridgehead atoms. The molecule has 0 heterocycles. The summed E-state index contributed by atoms with van der Waals surface area (Å²) >= 11 is 6.12. The molecule has 1 unspecified atom stereocenters. The number of hydrogen-bond acceptors (Lipinski definition) is 1. The van der Waals surface area contributed by atoms with Crippen LogP contribution in [0.2, 0.25) is 5.02 Å². The largest absolute Gasteiger partial charge is 0.377 e. The van der Waals surface area contributed by atoms with Gasteiger partial charge in [0.15, 0.2) is 0 Å². The Morgan fingerprint density at radius 2 is 1.78 bits per heavy atom. The van der Waals surface area contributed by atoms with Crippen LogP contribution in [0.3, 0.4) is 0 Å². The number of para-hydroxylation sites is 1. The van der Waals surface area contributed by atoms with E-state index in [0.717, 1.165) is 17.7 Å². The summed E-state index contributed by atoms with van der Waals surface area (Å²) in [4.78, 5) is 0. The van der Waals surface area contributed by atoms with Gasteiger partial charge in [-0.2, -0.15) is 0 Å². The third-order valence-corrected chi connectivity index (χ3v) is 3.21. The molecule has 0 spiro atoms. The Morgan fingerprint density at radius 3 is 2.39 bits per heavy atom. The molecular weight excluding hydrogens is 249 g/mol. The Hall–Kier alpha value is -1.54.